The molecule has 1 aromatic heterocycles. The summed E-state index contributed by atoms with van der Waals surface area (Å²) in [5.41, 5.74) is 1.50. The van der Waals surface area contributed by atoms with Crippen LogP contribution in [-0.2, 0) is 37.2 Å². The summed E-state index contributed by atoms with van der Waals surface area (Å²) in [6.07, 6.45) is 5.57. The average molecular weight is 610 g/mol. The van der Waals surface area contributed by atoms with Gasteiger partial charge in [-0.2, -0.15) is 0 Å². The van der Waals surface area contributed by atoms with Crippen LogP contribution in [0, 0.1) is 5.92 Å². The van der Waals surface area contributed by atoms with Gasteiger partial charge in [-0.05, 0) is 48.6 Å². The molecule has 3 aromatic rings. The summed E-state index contributed by atoms with van der Waals surface area (Å²) < 4.78 is 31.6. The van der Waals surface area contributed by atoms with Crippen LogP contribution in [-0.4, -0.2) is 79.1 Å². The van der Waals surface area contributed by atoms with Gasteiger partial charge in [-0.25, -0.2) is 13.4 Å². The molecule has 4 rings (SSSR count). The zero-order valence-corrected chi connectivity index (χ0v) is 25.6. The lowest BCUT2D eigenvalue weighted by molar-refractivity contribution is -0.136. The number of benzene rings is 2. The van der Waals surface area contributed by atoms with Crippen LogP contribution in [0.1, 0.15) is 32.3 Å². The molecule has 12 heteroatoms. The van der Waals surface area contributed by atoms with Gasteiger partial charge in [0.1, 0.15) is 17.6 Å². The van der Waals surface area contributed by atoms with Crippen LogP contribution >= 0.6 is 0 Å². The molecule has 2 N–H and O–H groups in total. The summed E-state index contributed by atoms with van der Waals surface area (Å²) in [6.45, 7) is 5.11. The van der Waals surface area contributed by atoms with Gasteiger partial charge >= 0.3 is 0 Å². The fourth-order valence-corrected chi connectivity index (χ4v) is 5.52. The van der Waals surface area contributed by atoms with Gasteiger partial charge in [-0.3, -0.25) is 14.4 Å². The smallest absolute Gasteiger partial charge is 0.242 e. The van der Waals surface area contributed by atoms with Crippen molar-refractivity contribution in [2.24, 2.45) is 5.92 Å². The van der Waals surface area contributed by atoms with Crippen molar-refractivity contribution in [2.45, 2.75) is 50.6 Å². The van der Waals surface area contributed by atoms with E-state index in [9.17, 15) is 22.8 Å². The van der Waals surface area contributed by atoms with Gasteiger partial charge in [-0.1, -0.05) is 38.1 Å². The fraction of sp³-hybridized carbons (Fsp3) is 0.419. The first-order valence-corrected chi connectivity index (χ1v) is 16.3. The Morgan fingerprint density at radius 3 is 2.60 bits per heavy atom. The lowest BCUT2D eigenvalue weighted by Gasteiger charge is -2.25. The Balaban J connectivity index is 1.55. The summed E-state index contributed by atoms with van der Waals surface area (Å²) >= 11 is 0. The minimum Gasteiger partial charge on any atom is -0.494 e. The van der Waals surface area contributed by atoms with E-state index in [0.717, 1.165) is 17.6 Å². The predicted molar refractivity (Wildman–Crippen MR) is 162 cm³/mol. The molecular weight excluding hydrogens is 570 g/mol. The van der Waals surface area contributed by atoms with Gasteiger partial charge < -0.3 is 24.8 Å². The number of hydrogen-bond acceptors (Lipinski definition) is 7. The molecule has 3 amide bonds. The highest BCUT2D eigenvalue weighted by Crippen LogP contribution is 2.23. The number of rotatable bonds is 5. The first kappa shape index (κ1) is 31.7. The van der Waals surface area contributed by atoms with Crippen LogP contribution in [0.25, 0.3) is 11.4 Å². The van der Waals surface area contributed by atoms with E-state index in [1.165, 1.54) is 17.0 Å². The third kappa shape index (κ3) is 9.15. The number of carbonyl (C=O) groups is 3. The van der Waals surface area contributed by atoms with Gasteiger partial charge in [0.2, 0.25) is 17.7 Å². The molecule has 11 nitrogen and oxygen atoms in total. The van der Waals surface area contributed by atoms with Crippen LogP contribution in [0.2, 0.25) is 0 Å². The van der Waals surface area contributed by atoms with Gasteiger partial charge in [-0.15, -0.1) is 0 Å². The Morgan fingerprint density at radius 2 is 1.88 bits per heavy atom. The summed E-state index contributed by atoms with van der Waals surface area (Å²) in [5, 5.41) is 5.76. The summed E-state index contributed by atoms with van der Waals surface area (Å²) in [4.78, 5) is 45.8. The van der Waals surface area contributed by atoms with Gasteiger partial charge in [0, 0.05) is 43.8 Å². The number of amides is 3. The second-order valence-corrected chi connectivity index (χ2v) is 13.1. The molecule has 43 heavy (non-hydrogen) atoms. The second-order valence-electron chi connectivity index (χ2n) is 11.1. The maximum absolute atomic E-state index is 13.4. The highest BCUT2D eigenvalue weighted by atomic mass is 32.2. The molecule has 1 atom stereocenters. The third-order valence-corrected chi connectivity index (χ3v) is 8.18. The quantitative estimate of drug-likeness (QED) is 0.453. The topological polar surface area (TPSA) is 140 Å². The van der Waals surface area contributed by atoms with Gasteiger partial charge in [0.15, 0.2) is 9.84 Å². The van der Waals surface area contributed by atoms with E-state index in [1.807, 2.05) is 48.9 Å². The normalized spacial score (nSPS) is 17.2. The molecule has 0 spiro atoms. The monoisotopic (exact) mass is 609 g/mol. The number of imidazole rings is 1. The van der Waals surface area contributed by atoms with E-state index in [0.29, 0.717) is 43.9 Å². The van der Waals surface area contributed by atoms with E-state index in [1.54, 1.807) is 18.3 Å². The highest BCUT2D eigenvalue weighted by molar-refractivity contribution is 7.90. The summed E-state index contributed by atoms with van der Waals surface area (Å²) in [6, 6.07) is 12.9. The molecule has 230 valence electrons. The number of ether oxygens (including phenoxy) is 1. The fourth-order valence-electron chi connectivity index (χ4n) is 4.89. The van der Waals surface area contributed by atoms with Crippen LogP contribution in [0.4, 0.5) is 0 Å². The van der Waals surface area contributed by atoms with Crippen molar-refractivity contribution >= 4 is 27.6 Å². The molecule has 1 aliphatic heterocycles. The van der Waals surface area contributed by atoms with Crippen molar-refractivity contribution in [3.63, 3.8) is 0 Å². The number of hydrogen-bond donors (Lipinski definition) is 2. The lowest BCUT2D eigenvalue weighted by atomic mass is 10.0. The first-order chi connectivity index (χ1) is 20.5. The number of nitrogens with zero attached hydrogens (tertiary/aromatic N) is 3. The van der Waals surface area contributed by atoms with E-state index in [4.69, 9.17) is 4.74 Å². The molecule has 1 aliphatic rings. The number of aromatic nitrogens is 2. The Hall–Kier alpha value is -4.19. The van der Waals surface area contributed by atoms with Crippen LogP contribution in [0.15, 0.2) is 65.8 Å². The van der Waals surface area contributed by atoms with Crippen molar-refractivity contribution in [3.05, 3.63) is 66.5 Å². The molecule has 0 saturated heterocycles. The molecule has 2 bridgehead atoms. The van der Waals surface area contributed by atoms with Crippen molar-refractivity contribution in [3.8, 4) is 17.1 Å². The zero-order chi connectivity index (χ0) is 31.0. The number of nitrogens with one attached hydrogen (secondary N) is 2. The number of sulfone groups is 1. The maximum atomic E-state index is 13.4. The first-order valence-electron chi connectivity index (χ1n) is 14.4. The standard InChI is InChI=1S/C31H39N5O6S/c1-22(2)18-27-31(39)33-13-16-35-15-12-32-30(35)24-6-4-7-25(20-24)42-17-5-14-36(21-28(37)34-27)29(38)19-23-8-10-26(11-9-23)43(3,40)41/h4,6-12,15,20,22,27H,5,13-14,16-19,21H2,1-3H3,(H,33,39)(H,34,37)/t27-/m1/s1. The van der Waals surface area contributed by atoms with Gasteiger partial charge in [0.25, 0.3) is 0 Å². The Bertz CT molecular complexity index is 1530. The number of carbonyl (C=O) groups excluding carboxylic acids is 3. The van der Waals surface area contributed by atoms with Crippen LogP contribution < -0.4 is 15.4 Å². The van der Waals surface area contributed by atoms with Crippen molar-refractivity contribution in [1.29, 1.82) is 0 Å². The van der Waals surface area contributed by atoms with Crippen molar-refractivity contribution in [2.75, 3.05) is 32.5 Å². The zero-order valence-electron chi connectivity index (χ0n) is 24.8. The van der Waals surface area contributed by atoms with Crippen molar-refractivity contribution < 1.29 is 27.5 Å². The molecule has 2 aromatic carbocycles. The highest BCUT2D eigenvalue weighted by Gasteiger charge is 2.25. The Kier molecular flexibility index (Phi) is 10.6. The van der Waals surface area contributed by atoms with E-state index < -0.39 is 21.8 Å². The molecule has 2 heterocycles. The van der Waals surface area contributed by atoms with E-state index >= 15 is 0 Å². The van der Waals surface area contributed by atoms with E-state index in [2.05, 4.69) is 15.6 Å². The Labute approximate surface area is 252 Å². The third-order valence-electron chi connectivity index (χ3n) is 7.05. The molecule has 0 radical (unpaired) electrons. The predicted octanol–water partition coefficient (Wildman–Crippen LogP) is 2.45. The van der Waals surface area contributed by atoms with Crippen LogP contribution in [0.5, 0.6) is 5.75 Å². The molecule has 0 aliphatic carbocycles. The largest absolute Gasteiger partial charge is 0.494 e. The molecule has 0 fully saturated rings. The minimum absolute atomic E-state index is 0.0111. The van der Waals surface area contributed by atoms with Crippen LogP contribution in [0.3, 0.4) is 0 Å². The average Bonchev–Trinajstić information content (AvgIpc) is 3.42. The summed E-state index contributed by atoms with van der Waals surface area (Å²) in [5.74, 6) is 0.521. The molecule has 0 saturated carbocycles. The Morgan fingerprint density at radius 1 is 1.12 bits per heavy atom. The minimum atomic E-state index is -3.36. The van der Waals surface area contributed by atoms with E-state index in [-0.39, 0.29) is 42.1 Å². The second kappa shape index (κ2) is 14.3. The maximum Gasteiger partial charge on any atom is 0.242 e. The SMILES string of the molecule is CC(C)C[C@H]1NC(=O)CN(C(=O)Cc2ccc(S(C)(=O)=O)cc2)CCCOc2cccc(c2)-c2nccn2CCNC1=O. The number of fused-ring (bicyclic) bond motifs is 4. The molecular formula is C31H39N5O6S. The molecule has 0 unspecified atom stereocenters. The van der Waals surface area contributed by atoms with Gasteiger partial charge in [0.05, 0.1) is 24.5 Å². The van der Waals surface area contributed by atoms with Crippen molar-refractivity contribution in [1.82, 2.24) is 25.1 Å². The lowest BCUT2D eigenvalue weighted by Crippen LogP contribution is -2.51. The summed E-state index contributed by atoms with van der Waals surface area (Å²) in [7, 11) is -3.36.